The Labute approximate surface area is 122 Å². The summed E-state index contributed by atoms with van der Waals surface area (Å²) in [5.74, 6) is -2.33. The number of hydrogen-bond donors (Lipinski definition) is 6. The van der Waals surface area contributed by atoms with Gasteiger partial charge in [0.1, 0.15) is 24.4 Å². The Morgan fingerprint density at radius 3 is 2.29 bits per heavy atom. The van der Waals surface area contributed by atoms with Crippen LogP contribution in [0.5, 0.6) is 0 Å². The molecule has 0 spiro atoms. The Bertz CT molecular complexity index is 408. The molecule has 1 fully saturated rings. The summed E-state index contributed by atoms with van der Waals surface area (Å²) in [5, 5.41) is 58.6. The second kappa shape index (κ2) is 6.53. The first-order valence-corrected chi connectivity index (χ1v) is 6.97. The largest absolute Gasteiger partial charge is 0.394 e. The van der Waals surface area contributed by atoms with E-state index >= 15 is 0 Å². The number of rotatable bonds is 4. The highest BCUT2D eigenvalue weighted by molar-refractivity contribution is 5.15. The first-order valence-electron chi connectivity index (χ1n) is 6.97. The molecule has 1 aliphatic heterocycles. The van der Waals surface area contributed by atoms with E-state index in [0.717, 1.165) is 0 Å². The normalized spacial score (nSPS) is 46.8. The van der Waals surface area contributed by atoms with Crippen LogP contribution in [0.3, 0.4) is 0 Å². The molecule has 0 radical (unpaired) electrons. The van der Waals surface area contributed by atoms with Crippen molar-refractivity contribution in [2.24, 2.45) is 5.92 Å². The molecular formula is C14H22O7. The Balaban J connectivity index is 2.02. The van der Waals surface area contributed by atoms with Crippen LogP contribution in [0.4, 0.5) is 0 Å². The fourth-order valence-corrected chi connectivity index (χ4v) is 2.71. The van der Waals surface area contributed by atoms with Gasteiger partial charge in [-0.3, -0.25) is 0 Å². The minimum atomic E-state index is -2.08. The molecule has 0 aromatic heterocycles. The van der Waals surface area contributed by atoms with Crippen LogP contribution in [0.2, 0.25) is 0 Å². The van der Waals surface area contributed by atoms with Crippen LogP contribution in [0.25, 0.3) is 0 Å². The lowest BCUT2D eigenvalue weighted by Gasteiger charge is -2.45. The zero-order valence-corrected chi connectivity index (χ0v) is 11.5. The van der Waals surface area contributed by atoms with Crippen LogP contribution in [0.1, 0.15) is 12.8 Å². The maximum Gasteiger partial charge on any atom is 0.195 e. The zero-order valence-electron chi connectivity index (χ0n) is 11.5. The highest BCUT2D eigenvalue weighted by Crippen LogP contribution is 2.33. The van der Waals surface area contributed by atoms with Gasteiger partial charge in [0.25, 0.3) is 0 Å². The molecule has 1 aliphatic carbocycles. The average molecular weight is 302 g/mol. The van der Waals surface area contributed by atoms with Crippen molar-refractivity contribution in [3.05, 3.63) is 24.3 Å². The van der Waals surface area contributed by atoms with Gasteiger partial charge in [-0.25, -0.2) is 0 Å². The van der Waals surface area contributed by atoms with Crippen molar-refractivity contribution >= 4 is 0 Å². The molecule has 6 N–H and O–H groups in total. The van der Waals surface area contributed by atoms with Gasteiger partial charge in [-0.05, 0) is 6.42 Å². The van der Waals surface area contributed by atoms with Gasteiger partial charge in [0.05, 0.1) is 12.7 Å². The van der Waals surface area contributed by atoms with Gasteiger partial charge in [-0.2, -0.15) is 0 Å². The maximum absolute atomic E-state index is 10.4. The van der Waals surface area contributed by atoms with E-state index in [9.17, 15) is 25.5 Å². The van der Waals surface area contributed by atoms with E-state index in [1.807, 2.05) is 0 Å². The molecule has 2 aliphatic rings. The van der Waals surface area contributed by atoms with Gasteiger partial charge in [0.15, 0.2) is 5.79 Å². The second-order valence-electron chi connectivity index (χ2n) is 5.57. The van der Waals surface area contributed by atoms with E-state index in [0.29, 0.717) is 6.42 Å². The fourth-order valence-electron chi connectivity index (χ4n) is 2.71. The van der Waals surface area contributed by atoms with Crippen LogP contribution in [-0.4, -0.2) is 73.6 Å². The van der Waals surface area contributed by atoms with Crippen molar-refractivity contribution in [1.29, 1.82) is 0 Å². The molecule has 120 valence electrons. The van der Waals surface area contributed by atoms with E-state index in [4.69, 9.17) is 9.84 Å². The Morgan fingerprint density at radius 1 is 1.00 bits per heavy atom. The zero-order chi connectivity index (χ0) is 15.6. The molecule has 21 heavy (non-hydrogen) atoms. The third kappa shape index (κ3) is 3.35. The predicted octanol–water partition coefficient (Wildman–Crippen LogP) is -1.97. The van der Waals surface area contributed by atoms with E-state index < -0.39 is 42.9 Å². The third-order valence-corrected chi connectivity index (χ3v) is 4.10. The lowest BCUT2D eigenvalue weighted by Crippen LogP contribution is -2.65. The molecule has 0 aromatic rings. The Morgan fingerprint density at radius 2 is 1.67 bits per heavy atom. The topological polar surface area (TPSA) is 131 Å². The van der Waals surface area contributed by atoms with Crippen molar-refractivity contribution in [2.75, 3.05) is 6.61 Å². The average Bonchev–Trinajstić information content (AvgIpc) is 2.48. The molecule has 1 heterocycles. The lowest BCUT2D eigenvalue weighted by atomic mass is 9.85. The van der Waals surface area contributed by atoms with Gasteiger partial charge in [-0.1, -0.05) is 24.3 Å². The van der Waals surface area contributed by atoms with Crippen molar-refractivity contribution in [3.63, 3.8) is 0 Å². The van der Waals surface area contributed by atoms with Crippen LogP contribution < -0.4 is 0 Å². The first-order chi connectivity index (χ1) is 9.89. The standard InChI is InChI=1S/C14H22O7/c15-7-10-11(17)12(18)13(19)14(20,21-10)6-5-8-3-1-2-4-9(8)16/h1-4,8-13,15-20H,5-7H2/t8?,9?,10-,11-,12+,13-,14+/m1/s1. The summed E-state index contributed by atoms with van der Waals surface area (Å²) in [5.41, 5.74) is 0. The summed E-state index contributed by atoms with van der Waals surface area (Å²) in [7, 11) is 0. The van der Waals surface area contributed by atoms with Gasteiger partial charge < -0.3 is 35.4 Å². The first kappa shape index (κ1) is 16.6. The molecular weight excluding hydrogens is 280 g/mol. The Hall–Kier alpha value is -0.800. The second-order valence-corrected chi connectivity index (χ2v) is 5.57. The fraction of sp³-hybridized carbons (Fsp3) is 0.714. The van der Waals surface area contributed by atoms with E-state index in [2.05, 4.69) is 0 Å². The van der Waals surface area contributed by atoms with Crippen molar-refractivity contribution in [1.82, 2.24) is 0 Å². The molecule has 0 aromatic carbocycles. The van der Waals surface area contributed by atoms with Crippen molar-refractivity contribution in [3.8, 4) is 0 Å². The van der Waals surface area contributed by atoms with Gasteiger partial charge in [0.2, 0.25) is 0 Å². The minimum Gasteiger partial charge on any atom is -0.394 e. The lowest BCUT2D eigenvalue weighted by molar-refractivity contribution is -0.352. The molecule has 2 rings (SSSR count). The molecule has 7 heteroatoms. The number of hydrogen-bond acceptors (Lipinski definition) is 7. The summed E-state index contributed by atoms with van der Waals surface area (Å²) in [6.07, 6.45) is 0.448. The van der Waals surface area contributed by atoms with E-state index in [-0.39, 0.29) is 12.3 Å². The maximum atomic E-state index is 10.4. The number of aliphatic hydroxyl groups excluding tert-OH is 5. The highest BCUT2D eigenvalue weighted by Gasteiger charge is 2.52. The van der Waals surface area contributed by atoms with Crippen LogP contribution >= 0.6 is 0 Å². The summed E-state index contributed by atoms with van der Waals surface area (Å²) >= 11 is 0. The quantitative estimate of drug-likeness (QED) is 0.355. The van der Waals surface area contributed by atoms with Gasteiger partial charge >= 0.3 is 0 Å². The highest BCUT2D eigenvalue weighted by atomic mass is 16.7. The van der Waals surface area contributed by atoms with Gasteiger partial charge in [-0.15, -0.1) is 0 Å². The molecule has 0 saturated carbocycles. The number of allylic oxidation sites excluding steroid dienone is 2. The smallest absolute Gasteiger partial charge is 0.195 e. The molecule has 1 saturated heterocycles. The summed E-state index contributed by atoms with van der Waals surface area (Å²) in [4.78, 5) is 0. The molecule has 7 nitrogen and oxygen atoms in total. The SMILES string of the molecule is OC[C@H]1O[C@@](O)(CCC2C=CC=CC2O)[C@H](O)[C@@H](O)[C@@H]1O. The van der Waals surface area contributed by atoms with Crippen molar-refractivity contribution in [2.45, 2.75) is 49.1 Å². The monoisotopic (exact) mass is 302 g/mol. The summed E-state index contributed by atoms with van der Waals surface area (Å²) in [6.45, 7) is -0.595. The van der Waals surface area contributed by atoms with Crippen LogP contribution in [-0.2, 0) is 4.74 Å². The van der Waals surface area contributed by atoms with Gasteiger partial charge in [0, 0.05) is 12.3 Å². The van der Waals surface area contributed by atoms with Crippen LogP contribution in [0, 0.1) is 5.92 Å². The van der Waals surface area contributed by atoms with E-state index in [1.54, 1.807) is 24.3 Å². The van der Waals surface area contributed by atoms with Crippen molar-refractivity contribution < 1.29 is 35.4 Å². The third-order valence-electron chi connectivity index (χ3n) is 4.10. The van der Waals surface area contributed by atoms with Crippen LogP contribution in [0.15, 0.2) is 24.3 Å². The molecule has 7 atom stereocenters. The summed E-state index contributed by atoms with van der Waals surface area (Å²) in [6, 6.07) is 0. The molecule has 2 unspecified atom stereocenters. The Kier molecular flexibility index (Phi) is 5.15. The minimum absolute atomic E-state index is 0.0612. The molecule has 0 bridgehead atoms. The predicted molar refractivity (Wildman–Crippen MR) is 71.9 cm³/mol. The molecule has 0 amide bonds. The number of ether oxygens (including phenoxy) is 1. The van der Waals surface area contributed by atoms with E-state index in [1.165, 1.54) is 0 Å². The summed E-state index contributed by atoms with van der Waals surface area (Å²) < 4.78 is 5.17. The number of aliphatic hydroxyl groups is 6.